The van der Waals surface area contributed by atoms with E-state index in [1.165, 1.54) is 38.5 Å². The minimum absolute atomic E-state index is 0.166. The number of aromatic nitrogens is 3. The van der Waals surface area contributed by atoms with Crippen LogP contribution in [0, 0.1) is 11.8 Å². The summed E-state index contributed by atoms with van der Waals surface area (Å²) in [6, 6.07) is 0. The highest BCUT2D eigenvalue weighted by Crippen LogP contribution is 2.17. The molecule has 1 aromatic rings. The van der Waals surface area contributed by atoms with E-state index in [9.17, 15) is 0 Å². The number of hydrogen-bond acceptors (Lipinski definition) is 4. The molecule has 0 aliphatic heterocycles. The average molecular weight is 389 g/mol. The molecule has 0 N–H and O–H groups in total. The molecule has 25 heavy (non-hydrogen) atoms. The largest absolute Gasteiger partial charge is 0.341 e. The van der Waals surface area contributed by atoms with Crippen LogP contribution in [-0.4, -0.2) is 28.0 Å². The van der Waals surface area contributed by atoms with Crippen molar-refractivity contribution in [2.75, 3.05) is 18.0 Å². The maximum Gasteiger partial charge on any atom is 0.230 e. The minimum atomic E-state index is 0.166. The first-order chi connectivity index (χ1) is 11.9. The van der Waals surface area contributed by atoms with Gasteiger partial charge in [-0.15, -0.1) is 0 Å². The molecule has 0 spiro atoms. The Balaban J connectivity index is 2.51. The van der Waals surface area contributed by atoms with Gasteiger partial charge in [-0.3, -0.25) is 0 Å². The van der Waals surface area contributed by atoms with E-state index in [1.807, 2.05) is 0 Å². The van der Waals surface area contributed by atoms with Crippen molar-refractivity contribution < 1.29 is 0 Å². The molecule has 144 valence electrons. The molecule has 0 bridgehead atoms. The Bertz CT molecular complexity index is 442. The summed E-state index contributed by atoms with van der Waals surface area (Å²) in [6.45, 7) is 11.0. The van der Waals surface area contributed by atoms with Crippen molar-refractivity contribution in [1.29, 1.82) is 0 Å². The third-order valence-electron chi connectivity index (χ3n) is 4.27. The smallest absolute Gasteiger partial charge is 0.230 e. The molecule has 0 unspecified atom stereocenters. The van der Waals surface area contributed by atoms with Crippen LogP contribution in [0.4, 0.5) is 5.95 Å². The first-order valence-corrected chi connectivity index (χ1v) is 10.5. The molecule has 1 rings (SSSR count). The van der Waals surface area contributed by atoms with Crippen LogP contribution in [0.2, 0.25) is 10.6 Å². The van der Waals surface area contributed by atoms with Crippen molar-refractivity contribution in [2.45, 2.75) is 79.1 Å². The zero-order chi connectivity index (χ0) is 18.7. The lowest BCUT2D eigenvalue weighted by Gasteiger charge is -2.23. The van der Waals surface area contributed by atoms with E-state index in [1.54, 1.807) is 0 Å². The Morgan fingerprint density at radius 3 is 1.52 bits per heavy atom. The monoisotopic (exact) mass is 388 g/mol. The normalized spacial score (nSPS) is 11.5. The highest BCUT2D eigenvalue weighted by Gasteiger charge is 2.12. The van der Waals surface area contributed by atoms with Crippen molar-refractivity contribution in [3.8, 4) is 0 Å². The van der Waals surface area contributed by atoms with E-state index < -0.39 is 0 Å². The van der Waals surface area contributed by atoms with Crippen molar-refractivity contribution in [3.05, 3.63) is 10.6 Å². The number of hydrogen-bond donors (Lipinski definition) is 0. The summed E-state index contributed by atoms with van der Waals surface area (Å²) in [5.74, 6) is 2.16. The van der Waals surface area contributed by atoms with Crippen molar-refractivity contribution in [2.24, 2.45) is 11.8 Å². The molecule has 1 heterocycles. The lowest BCUT2D eigenvalue weighted by atomic mass is 10.0. The molecule has 0 saturated carbocycles. The summed E-state index contributed by atoms with van der Waals surface area (Å²) in [6.07, 6.45) is 9.87. The van der Waals surface area contributed by atoms with Crippen LogP contribution in [0.1, 0.15) is 79.1 Å². The lowest BCUT2D eigenvalue weighted by molar-refractivity contribution is 0.512. The third-order valence-corrected chi connectivity index (χ3v) is 4.61. The van der Waals surface area contributed by atoms with Crippen molar-refractivity contribution >= 4 is 29.2 Å². The number of unbranched alkanes of at least 4 members (excludes halogenated alkanes) is 4. The quantitative estimate of drug-likeness (QED) is 0.365. The van der Waals surface area contributed by atoms with Crippen LogP contribution in [0.3, 0.4) is 0 Å². The van der Waals surface area contributed by atoms with Crippen molar-refractivity contribution in [3.63, 3.8) is 0 Å². The molecule has 0 aliphatic carbocycles. The average Bonchev–Trinajstić information content (AvgIpc) is 2.50. The van der Waals surface area contributed by atoms with E-state index in [-0.39, 0.29) is 10.6 Å². The van der Waals surface area contributed by atoms with Crippen LogP contribution in [0.15, 0.2) is 0 Å². The Labute approximate surface area is 163 Å². The zero-order valence-corrected chi connectivity index (χ0v) is 17.8. The third kappa shape index (κ3) is 10.9. The fraction of sp³-hybridized carbons (Fsp3) is 0.842. The second kappa shape index (κ2) is 12.7. The summed E-state index contributed by atoms with van der Waals surface area (Å²) in [4.78, 5) is 14.6. The molecular weight excluding hydrogens is 355 g/mol. The van der Waals surface area contributed by atoms with Crippen LogP contribution in [-0.2, 0) is 0 Å². The Morgan fingerprint density at radius 1 is 0.680 bits per heavy atom. The molecule has 4 nitrogen and oxygen atoms in total. The van der Waals surface area contributed by atoms with E-state index in [2.05, 4.69) is 47.5 Å². The van der Waals surface area contributed by atoms with E-state index >= 15 is 0 Å². The number of rotatable bonds is 13. The molecule has 0 amide bonds. The summed E-state index contributed by atoms with van der Waals surface area (Å²) in [5.41, 5.74) is 0. The summed E-state index contributed by atoms with van der Waals surface area (Å²) >= 11 is 11.9. The minimum Gasteiger partial charge on any atom is -0.341 e. The first kappa shape index (κ1) is 22.4. The number of nitrogens with zero attached hydrogens (tertiary/aromatic N) is 4. The van der Waals surface area contributed by atoms with Gasteiger partial charge in [0.2, 0.25) is 16.5 Å². The second-order valence-electron chi connectivity index (χ2n) is 7.65. The van der Waals surface area contributed by atoms with Gasteiger partial charge in [-0.25, -0.2) is 0 Å². The van der Waals surface area contributed by atoms with Gasteiger partial charge in [-0.2, -0.15) is 15.0 Å². The predicted octanol–water partition coefficient (Wildman–Crippen LogP) is 6.42. The standard InChI is InChI=1S/C19H34Cl2N4/c1-15(2)11-7-5-9-13-25(14-10-6-8-12-16(3)4)19-23-17(20)22-18(21)24-19/h15-16H,5-14H2,1-4H3. The molecule has 6 heteroatoms. The molecular formula is C19H34Cl2N4. The Hall–Kier alpha value is -0.610. The van der Waals surface area contributed by atoms with Gasteiger partial charge in [0.25, 0.3) is 0 Å². The number of anilines is 1. The lowest BCUT2D eigenvalue weighted by Crippen LogP contribution is -2.28. The Morgan fingerprint density at radius 2 is 1.12 bits per heavy atom. The maximum atomic E-state index is 5.96. The fourth-order valence-electron chi connectivity index (χ4n) is 2.83. The topological polar surface area (TPSA) is 41.9 Å². The van der Waals surface area contributed by atoms with Crippen LogP contribution in [0.5, 0.6) is 0 Å². The van der Waals surface area contributed by atoms with Gasteiger partial charge in [0.05, 0.1) is 0 Å². The van der Waals surface area contributed by atoms with E-state index in [4.69, 9.17) is 23.2 Å². The summed E-state index contributed by atoms with van der Waals surface area (Å²) in [5, 5.41) is 0.333. The van der Waals surface area contributed by atoms with Gasteiger partial charge in [-0.1, -0.05) is 66.2 Å². The summed E-state index contributed by atoms with van der Waals surface area (Å²) < 4.78 is 0. The molecule has 0 atom stereocenters. The van der Waals surface area contributed by atoms with Crippen LogP contribution < -0.4 is 4.90 Å². The Kier molecular flexibility index (Phi) is 11.4. The van der Waals surface area contributed by atoms with Gasteiger partial charge in [0.15, 0.2) is 0 Å². The fourth-order valence-corrected chi connectivity index (χ4v) is 3.19. The van der Waals surface area contributed by atoms with E-state index in [0.29, 0.717) is 5.95 Å². The molecule has 0 aliphatic rings. The highest BCUT2D eigenvalue weighted by atomic mass is 35.5. The number of halogens is 2. The van der Waals surface area contributed by atoms with Gasteiger partial charge in [0.1, 0.15) is 0 Å². The van der Waals surface area contributed by atoms with Gasteiger partial charge < -0.3 is 4.90 Å². The molecule has 0 radical (unpaired) electrons. The van der Waals surface area contributed by atoms with Gasteiger partial charge in [-0.05, 0) is 47.9 Å². The summed E-state index contributed by atoms with van der Waals surface area (Å²) in [7, 11) is 0. The zero-order valence-electron chi connectivity index (χ0n) is 16.3. The highest BCUT2D eigenvalue weighted by molar-refractivity contribution is 6.31. The van der Waals surface area contributed by atoms with Gasteiger partial charge in [0, 0.05) is 13.1 Å². The SMILES string of the molecule is CC(C)CCCCCN(CCCCCC(C)C)c1nc(Cl)nc(Cl)n1. The van der Waals surface area contributed by atoms with Gasteiger partial charge >= 0.3 is 0 Å². The molecule has 0 saturated heterocycles. The molecule has 0 fully saturated rings. The first-order valence-electron chi connectivity index (χ1n) is 9.70. The van der Waals surface area contributed by atoms with Crippen LogP contribution in [0.25, 0.3) is 0 Å². The molecule has 0 aromatic carbocycles. The van der Waals surface area contributed by atoms with E-state index in [0.717, 1.165) is 37.8 Å². The predicted molar refractivity (Wildman–Crippen MR) is 109 cm³/mol. The maximum absolute atomic E-state index is 5.96. The molecule has 1 aromatic heterocycles. The second-order valence-corrected chi connectivity index (χ2v) is 8.32. The van der Waals surface area contributed by atoms with Crippen LogP contribution >= 0.6 is 23.2 Å². The van der Waals surface area contributed by atoms with Crippen molar-refractivity contribution in [1.82, 2.24) is 15.0 Å².